The Hall–Kier alpha value is -4.58. The van der Waals surface area contributed by atoms with Crippen molar-refractivity contribution in [1.29, 1.82) is 0 Å². The molecule has 1 unspecified atom stereocenters. The third kappa shape index (κ3) is 5.19. The lowest BCUT2D eigenvalue weighted by atomic mass is 10.2. The highest BCUT2D eigenvalue weighted by atomic mass is 32.2. The van der Waals surface area contributed by atoms with E-state index in [0.717, 1.165) is 17.4 Å². The summed E-state index contributed by atoms with van der Waals surface area (Å²) in [7, 11) is 1.41. The van der Waals surface area contributed by atoms with E-state index < -0.39 is 16.9 Å². The van der Waals surface area contributed by atoms with Crippen LogP contribution in [0, 0.1) is 10.1 Å². The second kappa shape index (κ2) is 10.6. The lowest BCUT2D eigenvalue weighted by Crippen LogP contribution is -2.24. The van der Waals surface area contributed by atoms with E-state index in [4.69, 9.17) is 14.2 Å². The van der Waals surface area contributed by atoms with E-state index in [-0.39, 0.29) is 23.7 Å². The number of nitro groups is 1. The molecule has 0 saturated carbocycles. The summed E-state index contributed by atoms with van der Waals surface area (Å²) in [6.07, 6.45) is -0.521. The first kappa shape index (κ1) is 24.1. The molecule has 0 bridgehead atoms. The predicted molar refractivity (Wildman–Crippen MR) is 136 cm³/mol. The molecular weight excluding hydrogens is 498 g/mol. The van der Waals surface area contributed by atoms with Crippen molar-refractivity contribution >= 4 is 29.0 Å². The number of carbonyl (C=O) groups excluding carboxylic acids is 1. The number of carbonyl (C=O) groups is 1. The van der Waals surface area contributed by atoms with Crippen LogP contribution < -0.4 is 19.5 Å². The summed E-state index contributed by atoms with van der Waals surface area (Å²) in [6.45, 7) is 0.244. The van der Waals surface area contributed by atoms with Crippen molar-refractivity contribution in [2.75, 3.05) is 24.8 Å². The monoisotopic (exact) mass is 519 g/mol. The van der Waals surface area contributed by atoms with Crippen molar-refractivity contribution in [3.8, 4) is 22.9 Å². The molecule has 188 valence electrons. The first-order valence-corrected chi connectivity index (χ1v) is 12.2. The lowest BCUT2D eigenvalue weighted by molar-refractivity contribution is -0.384. The van der Waals surface area contributed by atoms with Crippen LogP contribution in [0.4, 0.5) is 11.4 Å². The summed E-state index contributed by atoms with van der Waals surface area (Å²) in [4.78, 5) is 23.6. The molecule has 0 fully saturated rings. The van der Waals surface area contributed by atoms with Gasteiger partial charge in [-0.3, -0.25) is 19.5 Å². The summed E-state index contributed by atoms with van der Waals surface area (Å²) < 4.78 is 18.9. The molecule has 5 rings (SSSR count). The number of hydrogen-bond donors (Lipinski definition) is 1. The van der Waals surface area contributed by atoms with Gasteiger partial charge in [-0.15, -0.1) is 10.2 Å². The number of para-hydroxylation sites is 3. The summed E-state index contributed by atoms with van der Waals surface area (Å²) in [5, 5.41) is 23.2. The SMILES string of the molecule is COc1ccc(NC(=O)CSc2nnc(C3COc4ccccc4O3)n2-c2ccccc2)c([N+](=O)[O-])c1. The molecule has 2 heterocycles. The molecule has 0 saturated heterocycles. The maximum absolute atomic E-state index is 12.7. The van der Waals surface area contributed by atoms with Crippen LogP contribution in [0.3, 0.4) is 0 Å². The van der Waals surface area contributed by atoms with Gasteiger partial charge in [-0.2, -0.15) is 0 Å². The molecule has 37 heavy (non-hydrogen) atoms. The molecule has 0 radical (unpaired) electrons. The van der Waals surface area contributed by atoms with Crippen LogP contribution in [0.25, 0.3) is 5.69 Å². The van der Waals surface area contributed by atoms with Crippen molar-refractivity contribution in [3.05, 3.63) is 88.7 Å². The van der Waals surface area contributed by atoms with Crippen molar-refractivity contribution in [1.82, 2.24) is 14.8 Å². The molecule has 1 aromatic heterocycles. The fourth-order valence-corrected chi connectivity index (χ4v) is 4.52. The number of methoxy groups -OCH3 is 1. The third-order valence-corrected chi connectivity index (χ3v) is 6.41. The van der Waals surface area contributed by atoms with Gasteiger partial charge in [-0.05, 0) is 36.4 Å². The van der Waals surface area contributed by atoms with Crippen LogP contribution in [-0.2, 0) is 4.79 Å². The van der Waals surface area contributed by atoms with E-state index in [9.17, 15) is 14.9 Å². The zero-order valence-electron chi connectivity index (χ0n) is 19.6. The first-order chi connectivity index (χ1) is 18.0. The van der Waals surface area contributed by atoms with Crippen LogP contribution in [-0.4, -0.2) is 45.1 Å². The largest absolute Gasteiger partial charge is 0.496 e. The van der Waals surface area contributed by atoms with Crippen LogP contribution in [0.5, 0.6) is 17.2 Å². The Morgan fingerprint density at radius 1 is 1.14 bits per heavy atom. The molecule has 1 amide bonds. The second-order valence-corrected chi connectivity index (χ2v) is 8.80. The van der Waals surface area contributed by atoms with E-state index in [1.54, 1.807) is 6.07 Å². The Labute approximate surface area is 215 Å². The molecule has 1 N–H and O–H groups in total. The number of hydrogen-bond acceptors (Lipinski definition) is 9. The number of nitro benzene ring substituents is 1. The van der Waals surface area contributed by atoms with Gasteiger partial charge in [0.25, 0.3) is 5.69 Å². The van der Waals surface area contributed by atoms with Crippen LogP contribution >= 0.6 is 11.8 Å². The number of nitrogens with zero attached hydrogens (tertiary/aromatic N) is 4. The van der Waals surface area contributed by atoms with Gasteiger partial charge in [0, 0.05) is 5.69 Å². The Kier molecular flexibility index (Phi) is 6.90. The number of ether oxygens (including phenoxy) is 3. The summed E-state index contributed by atoms with van der Waals surface area (Å²) >= 11 is 1.15. The van der Waals surface area contributed by atoms with Gasteiger partial charge in [0.2, 0.25) is 5.91 Å². The molecule has 1 atom stereocenters. The van der Waals surface area contributed by atoms with E-state index in [1.807, 2.05) is 59.2 Å². The molecule has 4 aromatic rings. The fourth-order valence-electron chi connectivity index (χ4n) is 3.76. The minimum atomic E-state index is -0.575. The molecule has 0 spiro atoms. The standard InChI is InChI=1S/C25H21N5O6S/c1-34-17-11-12-18(19(13-17)30(32)33)26-23(31)15-37-25-28-27-24(29(25)16-7-3-2-4-8-16)22-14-35-20-9-5-6-10-21(20)36-22/h2-13,22H,14-15H2,1H3,(H,26,31). The van der Waals surface area contributed by atoms with Crippen LogP contribution in [0.15, 0.2) is 78.0 Å². The molecule has 11 nitrogen and oxygen atoms in total. The number of aromatic nitrogens is 3. The highest BCUT2D eigenvalue weighted by Crippen LogP contribution is 2.37. The van der Waals surface area contributed by atoms with E-state index in [2.05, 4.69) is 15.5 Å². The van der Waals surface area contributed by atoms with Gasteiger partial charge in [0.05, 0.1) is 23.9 Å². The zero-order chi connectivity index (χ0) is 25.8. The van der Waals surface area contributed by atoms with Gasteiger partial charge < -0.3 is 19.5 Å². The van der Waals surface area contributed by atoms with Gasteiger partial charge in [0.15, 0.2) is 28.6 Å². The normalized spacial score (nSPS) is 14.1. The smallest absolute Gasteiger partial charge is 0.296 e. The van der Waals surface area contributed by atoms with Gasteiger partial charge in [0.1, 0.15) is 18.0 Å². The fraction of sp³-hybridized carbons (Fsp3) is 0.160. The van der Waals surface area contributed by atoms with Crippen molar-refractivity contribution in [2.24, 2.45) is 0 Å². The predicted octanol–water partition coefficient (Wildman–Crippen LogP) is 4.43. The minimum absolute atomic E-state index is 0.0565. The number of amides is 1. The second-order valence-electron chi connectivity index (χ2n) is 7.85. The number of fused-ring (bicyclic) bond motifs is 1. The topological polar surface area (TPSA) is 131 Å². The maximum Gasteiger partial charge on any atom is 0.296 e. The van der Waals surface area contributed by atoms with Crippen molar-refractivity contribution in [2.45, 2.75) is 11.3 Å². The summed E-state index contributed by atoms with van der Waals surface area (Å²) in [5.41, 5.74) is 0.605. The minimum Gasteiger partial charge on any atom is -0.496 e. The Morgan fingerprint density at radius 2 is 1.89 bits per heavy atom. The highest BCUT2D eigenvalue weighted by molar-refractivity contribution is 7.99. The quantitative estimate of drug-likeness (QED) is 0.204. The number of benzene rings is 3. The number of rotatable bonds is 8. The van der Waals surface area contributed by atoms with Crippen molar-refractivity contribution in [3.63, 3.8) is 0 Å². The number of anilines is 1. The average Bonchev–Trinajstić information content (AvgIpc) is 3.36. The van der Waals surface area contributed by atoms with Gasteiger partial charge in [-0.25, -0.2) is 0 Å². The Balaban J connectivity index is 1.37. The van der Waals surface area contributed by atoms with E-state index >= 15 is 0 Å². The van der Waals surface area contributed by atoms with Gasteiger partial charge >= 0.3 is 0 Å². The molecule has 1 aliphatic heterocycles. The van der Waals surface area contributed by atoms with Crippen molar-refractivity contribution < 1.29 is 23.9 Å². The molecular formula is C25H21N5O6S. The Bertz CT molecular complexity index is 1440. The lowest BCUT2D eigenvalue weighted by Gasteiger charge is -2.26. The molecule has 12 heteroatoms. The average molecular weight is 520 g/mol. The molecule has 3 aromatic carbocycles. The van der Waals surface area contributed by atoms with Crippen LogP contribution in [0.1, 0.15) is 11.9 Å². The zero-order valence-corrected chi connectivity index (χ0v) is 20.4. The highest BCUT2D eigenvalue weighted by Gasteiger charge is 2.29. The van der Waals surface area contributed by atoms with Crippen LogP contribution in [0.2, 0.25) is 0 Å². The molecule has 0 aliphatic carbocycles. The third-order valence-electron chi connectivity index (χ3n) is 5.48. The summed E-state index contributed by atoms with van der Waals surface area (Å²) in [5.74, 6) is 1.61. The van der Waals surface area contributed by atoms with E-state index in [0.29, 0.717) is 28.2 Å². The Morgan fingerprint density at radius 3 is 2.65 bits per heavy atom. The van der Waals surface area contributed by atoms with E-state index in [1.165, 1.54) is 19.2 Å². The van der Waals surface area contributed by atoms with Gasteiger partial charge in [-0.1, -0.05) is 42.1 Å². The molecule has 1 aliphatic rings. The summed E-state index contributed by atoms with van der Waals surface area (Å²) in [6, 6.07) is 21.1. The maximum atomic E-state index is 12.7. The number of nitrogens with one attached hydrogen (secondary N) is 1. The number of thioether (sulfide) groups is 1. The first-order valence-electron chi connectivity index (χ1n) is 11.2.